The van der Waals surface area contributed by atoms with Crippen LogP contribution in [0.5, 0.6) is 5.75 Å². The van der Waals surface area contributed by atoms with Crippen molar-refractivity contribution in [2.45, 2.75) is 12.3 Å². The molecule has 0 bridgehead atoms. The number of phenols is 1. The van der Waals surface area contributed by atoms with Crippen molar-refractivity contribution < 1.29 is 14.3 Å². The number of nitrogens with one attached hydrogen (secondary N) is 1. The highest BCUT2D eigenvalue weighted by atomic mass is 19.1. The molecule has 1 atom stereocenters. The van der Waals surface area contributed by atoms with Crippen LogP contribution >= 0.6 is 0 Å². The maximum absolute atomic E-state index is 13.2. The van der Waals surface area contributed by atoms with E-state index in [1.54, 1.807) is 36.4 Å². The van der Waals surface area contributed by atoms with Crippen LogP contribution < -0.4 is 5.32 Å². The topological polar surface area (TPSA) is 80.0 Å². The molecule has 28 heavy (non-hydrogen) atoms. The maximum Gasteiger partial charge on any atom is 0.225 e. The minimum Gasteiger partial charge on any atom is -0.508 e. The van der Waals surface area contributed by atoms with E-state index in [1.807, 2.05) is 12.1 Å². The molecule has 2 N–H and O–H groups in total. The quantitative estimate of drug-likeness (QED) is 0.560. The average Bonchev–Trinajstić information content (AvgIpc) is 3.12. The largest absolute Gasteiger partial charge is 0.508 e. The van der Waals surface area contributed by atoms with Gasteiger partial charge >= 0.3 is 0 Å². The van der Waals surface area contributed by atoms with Gasteiger partial charge in [0, 0.05) is 23.6 Å². The van der Waals surface area contributed by atoms with Gasteiger partial charge in [-0.1, -0.05) is 12.1 Å². The predicted octanol–water partition coefficient (Wildman–Crippen LogP) is 3.74. The van der Waals surface area contributed by atoms with Crippen molar-refractivity contribution in [1.82, 2.24) is 15.0 Å². The van der Waals surface area contributed by atoms with Gasteiger partial charge in [0.1, 0.15) is 22.6 Å². The monoisotopic (exact) mass is 374 g/mol. The summed E-state index contributed by atoms with van der Waals surface area (Å²) >= 11 is 0. The number of rotatable bonds is 2. The summed E-state index contributed by atoms with van der Waals surface area (Å²) in [6.07, 6.45) is 0.249. The molecule has 5 rings (SSSR count). The van der Waals surface area contributed by atoms with Gasteiger partial charge in [-0.15, -0.1) is 10.2 Å². The van der Waals surface area contributed by atoms with Gasteiger partial charge in [-0.25, -0.2) is 4.39 Å². The number of fused-ring (bicyclic) bond motifs is 3. The van der Waals surface area contributed by atoms with Crippen molar-refractivity contribution in [3.8, 4) is 11.4 Å². The van der Waals surface area contributed by atoms with Gasteiger partial charge in [-0.2, -0.15) is 4.80 Å². The Balaban J connectivity index is 1.71. The number of anilines is 1. The maximum atomic E-state index is 13.2. The molecule has 1 aromatic heterocycles. The first-order chi connectivity index (χ1) is 13.6. The molecule has 4 aromatic rings. The fraction of sp³-hybridized carbons (Fsp3) is 0.0952. The first kappa shape index (κ1) is 16.4. The Morgan fingerprint density at radius 1 is 1.07 bits per heavy atom. The number of hydrogen-bond donors (Lipinski definition) is 2. The Morgan fingerprint density at radius 2 is 1.89 bits per heavy atom. The Kier molecular flexibility index (Phi) is 3.61. The van der Waals surface area contributed by atoms with Crippen LogP contribution in [0.25, 0.3) is 16.7 Å². The third-order valence-electron chi connectivity index (χ3n) is 4.94. The number of aromatic nitrogens is 3. The number of hydrogen-bond acceptors (Lipinski definition) is 4. The summed E-state index contributed by atoms with van der Waals surface area (Å²) in [5.74, 6) is -0.527. The smallest absolute Gasteiger partial charge is 0.225 e. The molecule has 1 aliphatic heterocycles. The van der Waals surface area contributed by atoms with E-state index in [9.17, 15) is 14.3 Å². The Bertz CT molecular complexity index is 1220. The van der Waals surface area contributed by atoms with Gasteiger partial charge in [0.2, 0.25) is 5.91 Å². The van der Waals surface area contributed by atoms with Gasteiger partial charge in [0.25, 0.3) is 0 Å². The van der Waals surface area contributed by atoms with Crippen molar-refractivity contribution in [2.75, 3.05) is 5.32 Å². The average molecular weight is 374 g/mol. The van der Waals surface area contributed by atoms with E-state index in [1.165, 1.54) is 16.9 Å². The number of aromatic hydroxyl groups is 1. The van der Waals surface area contributed by atoms with E-state index < -0.39 is 0 Å². The molecule has 7 heteroatoms. The lowest BCUT2D eigenvalue weighted by atomic mass is 9.84. The highest BCUT2D eigenvalue weighted by Crippen LogP contribution is 2.41. The number of carbonyl (C=O) groups excluding carboxylic acids is 1. The summed E-state index contributed by atoms with van der Waals surface area (Å²) in [6.45, 7) is 0. The van der Waals surface area contributed by atoms with Crippen LogP contribution in [0.15, 0.2) is 60.7 Å². The van der Waals surface area contributed by atoms with E-state index in [0.717, 1.165) is 11.1 Å². The van der Waals surface area contributed by atoms with Gasteiger partial charge < -0.3 is 10.4 Å². The molecule has 138 valence electrons. The fourth-order valence-electron chi connectivity index (χ4n) is 3.67. The van der Waals surface area contributed by atoms with Crippen molar-refractivity contribution in [1.29, 1.82) is 0 Å². The number of nitrogens with zero attached hydrogens (tertiary/aromatic N) is 3. The van der Waals surface area contributed by atoms with Crippen LogP contribution in [-0.4, -0.2) is 26.0 Å². The fourth-order valence-corrected chi connectivity index (χ4v) is 3.67. The molecular formula is C21H15FN4O2. The van der Waals surface area contributed by atoms with Crippen molar-refractivity contribution >= 4 is 22.6 Å². The van der Waals surface area contributed by atoms with Crippen molar-refractivity contribution in [2.24, 2.45) is 0 Å². The van der Waals surface area contributed by atoms with Gasteiger partial charge in [0.05, 0.1) is 5.69 Å². The summed E-state index contributed by atoms with van der Waals surface area (Å²) in [7, 11) is 0. The number of benzene rings is 3. The Hall–Kier alpha value is -3.74. The first-order valence-corrected chi connectivity index (χ1v) is 8.83. The SMILES string of the molecule is O=C1CC(c2cccc(O)c2)c2c(ccc3nn(-c4ccc(F)cc4)nc23)N1. The second-order valence-corrected chi connectivity index (χ2v) is 6.76. The zero-order chi connectivity index (χ0) is 19.3. The Labute approximate surface area is 159 Å². The molecule has 0 saturated heterocycles. The minimum absolute atomic E-state index is 0.0916. The molecule has 6 nitrogen and oxygen atoms in total. The second-order valence-electron chi connectivity index (χ2n) is 6.76. The lowest BCUT2D eigenvalue weighted by Gasteiger charge is -2.26. The van der Waals surface area contributed by atoms with E-state index >= 15 is 0 Å². The summed E-state index contributed by atoms with van der Waals surface area (Å²) in [4.78, 5) is 13.7. The van der Waals surface area contributed by atoms with Gasteiger partial charge in [-0.05, 0) is 54.1 Å². The molecule has 1 amide bonds. The standard InChI is InChI=1S/C21H15FN4O2/c22-13-4-6-14(7-5-13)26-24-18-9-8-17-20(21(18)25-26)16(11-19(28)23-17)12-2-1-3-15(27)10-12/h1-10,16,27H,11H2,(H,23,28). The zero-order valence-corrected chi connectivity index (χ0v) is 14.6. The third kappa shape index (κ3) is 2.68. The van der Waals surface area contributed by atoms with Crippen molar-refractivity contribution in [3.63, 3.8) is 0 Å². The highest BCUT2D eigenvalue weighted by molar-refractivity contribution is 5.99. The van der Waals surface area contributed by atoms with Crippen LogP contribution in [-0.2, 0) is 4.79 Å². The van der Waals surface area contributed by atoms with E-state index in [-0.39, 0.29) is 29.8 Å². The number of phenolic OH excluding ortho intramolecular Hbond substituents is 1. The minimum atomic E-state index is -0.329. The number of amides is 1. The number of halogens is 1. The van der Waals surface area contributed by atoms with Crippen LogP contribution in [0.1, 0.15) is 23.5 Å². The van der Waals surface area contributed by atoms with Crippen LogP contribution in [0.4, 0.5) is 10.1 Å². The molecule has 0 spiro atoms. The van der Waals surface area contributed by atoms with Gasteiger partial charge in [0.15, 0.2) is 0 Å². The second kappa shape index (κ2) is 6.16. The lowest BCUT2D eigenvalue weighted by molar-refractivity contribution is -0.116. The van der Waals surface area contributed by atoms with Crippen LogP contribution in [0.2, 0.25) is 0 Å². The molecule has 2 heterocycles. The lowest BCUT2D eigenvalue weighted by Crippen LogP contribution is -2.23. The van der Waals surface area contributed by atoms with Crippen molar-refractivity contribution in [3.05, 3.63) is 77.6 Å². The predicted molar refractivity (Wildman–Crippen MR) is 102 cm³/mol. The number of carbonyl (C=O) groups is 1. The summed E-state index contributed by atoms with van der Waals surface area (Å²) in [5.41, 5.74) is 4.35. The van der Waals surface area contributed by atoms with Crippen LogP contribution in [0, 0.1) is 5.82 Å². The molecular weight excluding hydrogens is 359 g/mol. The third-order valence-corrected chi connectivity index (χ3v) is 4.94. The molecule has 0 aliphatic carbocycles. The molecule has 0 fully saturated rings. The molecule has 3 aromatic carbocycles. The first-order valence-electron chi connectivity index (χ1n) is 8.83. The molecule has 0 saturated carbocycles. The Morgan fingerprint density at radius 3 is 2.68 bits per heavy atom. The summed E-state index contributed by atoms with van der Waals surface area (Å²) < 4.78 is 13.2. The zero-order valence-electron chi connectivity index (χ0n) is 14.6. The molecule has 0 radical (unpaired) electrons. The highest BCUT2D eigenvalue weighted by Gasteiger charge is 2.30. The summed E-state index contributed by atoms with van der Waals surface area (Å²) in [5, 5.41) is 21.9. The normalized spacial score (nSPS) is 16.0. The summed E-state index contributed by atoms with van der Waals surface area (Å²) in [6, 6.07) is 16.4. The molecule has 1 unspecified atom stereocenters. The molecule has 1 aliphatic rings. The van der Waals surface area contributed by atoms with Crippen LogP contribution in [0.3, 0.4) is 0 Å². The van der Waals surface area contributed by atoms with E-state index in [4.69, 9.17) is 0 Å². The van der Waals surface area contributed by atoms with E-state index in [0.29, 0.717) is 22.4 Å². The van der Waals surface area contributed by atoms with Gasteiger partial charge in [-0.3, -0.25) is 4.79 Å². The van der Waals surface area contributed by atoms with E-state index in [2.05, 4.69) is 15.5 Å².